The molecule has 0 bridgehead atoms. The number of aryl methyl sites for hydroxylation is 1. The van der Waals surface area contributed by atoms with Gasteiger partial charge in [-0.25, -0.2) is 0 Å². The van der Waals surface area contributed by atoms with Crippen LogP contribution in [0.4, 0.5) is 5.69 Å². The van der Waals surface area contributed by atoms with Gasteiger partial charge in [-0.15, -0.1) is 0 Å². The van der Waals surface area contributed by atoms with Gasteiger partial charge in [0.05, 0.1) is 6.10 Å². The highest BCUT2D eigenvalue weighted by molar-refractivity contribution is 5.39. The summed E-state index contributed by atoms with van der Waals surface area (Å²) in [5, 5.41) is 9.82. The molecule has 1 aromatic carbocycles. The monoisotopic (exact) mass is 222 g/mol. The fourth-order valence-electron chi connectivity index (χ4n) is 1.74. The molecule has 2 unspecified atom stereocenters. The second kappa shape index (κ2) is 6.51. The molecule has 5 N–H and O–H groups in total. The van der Waals surface area contributed by atoms with Crippen molar-refractivity contribution < 1.29 is 5.11 Å². The number of hydrogen-bond donors (Lipinski definition) is 3. The highest BCUT2D eigenvalue weighted by atomic mass is 16.3. The molecule has 0 aromatic heterocycles. The third kappa shape index (κ3) is 4.21. The molecule has 3 heteroatoms. The van der Waals surface area contributed by atoms with Crippen LogP contribution in [0.1, 0.15) is 31.7 Å². The van der Waals surface area contributed by atoms with Crippen LogP contribution in [0.5, 0.6) is 0 Å². The number of aliphatic hydroxyl groups excluding tert-OH is 1. The maximum Gasteiger partial charge on any atom is 0.0694 e. The number of hydrogen-bond acceptors (Lipinski definition) is 3. The summed E-state index contributed by atoms with van der Waals surface area (Å²) in [6.45, 7) is 2.08. The Bertz CT molecular complexity index is 297. The maximum atomic E-state index is 9.82. The molecule has 0 spiro atoms. The van der Waals surface area contributed by atoms with Crippen molar-refractivity contribution in [3.05, 3.63) is 29.8 Å². The zero-order valence-corrected chi connectivity index (χ0v) is 9.89. The normalized spacial score (nSPS) is 14.7. The SMILES string of the molecule is CCCC(N)C(O)CCc1ccc(N)cc1. The summed E-state index contributed by atoms with van der Waals surface area (Å²) in [5.41, 5.74) is 13.4. The Morgan fingerprint density at radius 1 is 1.19 bits per heavy atom. The topological polar surface area (TPSA) is 72.3 Å². The molecule has 0 aliphatic rings. The molecule has 0 fully saturated rings. The number of benzene rings is 1. The lowest BCUT2D eigenvalue weighted by molar-refractivity contribution is 0.131. The first-order valence-electron chi connectivity index (χ1n) is 5.91. The molecule has 0 saturated heterocycles. The summed E-state index contributed by atoms with van der Waals surface area (Å²) in [4.78, 5) is 0. The minimum Gasteiger partial charge on any atom is -0.399 e. The van der Waals surface area contributed by atoms with Crippen LogP contribution in [0.2, 0.25) is 0 Å². The van der Waals surface area contributed by atoms with E-state index in [1.807, 2.05) is 24.3 Å². The van der Waals surface area contributed by atoms with Crippen LogP contribution in [0.3, 0.4) is 0 Å². The summed E-state index contributed by atoms with van der Waals surface area (Å²) in [7, 11) is 0. The van der Waals surface area contributed by atoms with Gasteiger partial charge in [0.15, 0.2) is 0 Å². The lowest BCUT2D eigenvalue weighted by Gasteiger charge is -2.17. The number of nitrogen functional groups attached to an aromatic ring is 1. The van der Waals surface area contributed by atoms with E-state index in [0.717, 1.165) is 24.9 Å². The van der Waals surface area contributed by atoms with E-state index in [-0.39, 0.29) is 6.04 Å². The minimum atomic E-state index is -0.405. The molecule has 3 nitrogen and oxygen atoms in total. The van der Waals surface area contributed by atoms with E-state index in [0.29, 0.717) is 6.42 Å². The second-order valence-corrected chi connectivity index (χ2v) is 4.30. The first-order chi connectivity index (χ1) is 7.63. The smallest absolute Gasteiger partial charge is 0.0694 e. The van der Waals surface area contributed by atoms with Crippen molar-refractivity contribution in [2.75, 3.05) is 5.73 Å². The van der Waals surface area contributed by atoms with Gasteiger partial charge in [-0.05, 0) is 37.0 Å². The number of nitrogens with two attached hydrogens (primary N) is 2. The second-order valence-electron chi connectivity index (χ2n) is 4.30. The van der Waals surface area contributed by atoms with E-state index in [4.69, 9.17) is 11.5 Å². The molecule has 0 heterocycles. The molecule has 16 heavy (non-hydrogen) atoms. The molecule has 0 saturated carbocycles. The molecule has 0 aliphatic heterocycles. The van der Waals surface area contributed by atoms with E-state index < -0.39 is 6.10 Å². The largest absolute Gasteiger partial charge is 0.399 e. The first-order valence-corrected chi connectivity index (χ1v) is 5.91. The van der Waals surface area contributed by atoms with Crippen LogP contribution < -0.4 is 11.5 Å². The fraction of sp³-hybridized carbons (Fsp3) is 0.538. The van der Waals surface area contributed by atoms with Gasteiger partial charge in [0.25, 0.3) is 0 Å². The third-order valence-corrected chi connectivity index (χ3v) is 2.82. The molecule has 1 aromatic rings. The molecule has 90 valence electrons. The van der Waals surface area contributed by atoms with Crippen molar-refractivity contribution in [3.63, 3.8) is 0 Å². The van der Waals surface area contributed by atoms with Gasteiger partial charge >= 0.3 is 0 Å². The standard InChI is InChI=1S/C13H22N2O/c1-2-3-12(15)13(16)9-6-10-4-7-11(14)8-5-10/h4-5,7-8,12-13,16H,2-3,6,9,14-15H2,1H3. The molecular formula is C13H22N2O. The Morgan fingerprint density at radius 2 is 1.81 bits per heavy atom. The fourth-order valence-corrected chi connectivity index (χ4v) is 1.74. The average molecular weight is 222 g/mol. The Kier molecular flexibility index (Phi) is 5.29. The van der Waals surface area contributed by atoms with Crippen molar-refractivity contribution in [3.8, 4) is 0 Å². The Hall–Kier alpha value is -1.06. The van der Waals surface area contributed by atoms with Crippen LogP contribution in [0, 0.1) is 0 Å². The third-order valence-electron chi connectivity index (χ3n) is 2.82. The molecule has 0 amide bonds. The first kappa shape index (κ1) is 13.0. The van der Waals surface area contributed by atoms with E-state index >= 15 is 0 Å². The molecule has 0 radical (unpaired) electrons. The van der Waals surface area contributed by atoms with Gasteiger partial charge in [0.1, 0.15) is 0 Å². The van der Waals surface area contributed by atoms with Gasteiger partial charge in [-0.3, -0.25) is 0 Å². The van der Waals surface area contributed by atoms with Gasteiger partial charge in [0.2, 0.25) is 0 Å². The lowest BCUT2D eigenvalue weighted by atomic mass is 9.99. The van der Waals surface area contributed by atoms with Crippen molar-refractivity contribution in [1.82, 2.24) is 0 Å². The van der Waals surface area contributed by atoms with E-state index in [9.17, 15) is 5.11 Å². The van der Waals surface area contributed by atoms with Crippen LogP contribution >= 0.6 is 0 Å². The van der Waals surface area contributed by atoms with Crippen molar-refractivity contribution in [2.45, 2.75) is 44.8 Å². The Morgan fingerprint density at radius 3 is 2.38 bits per heavy atom. The van der Waals surface area contributed by atoms with E-state index in [2.05, 4.69) is 6.92 Å². The lowest BCUT2D eigenvalue weighted by Crippen LogP contribution is -2.34. The van der Waals surface area contributed by atoms with Gasteiger partial charge in [0, 0.05) is 11.7 Å². The van der Waals surface area contributed by atoms with Crippen LogP contribution in [-0.4, -0.2) is 17.3 Å². The van der Waals surface area contributed by atoms with Crippen molar-refractivity contribution >= 4 is 5.69 Å². The van der Waals surface area contributed by atoms with Crippen LogP contribution in [-0.2, 0) is 6.42 Å². The Labute approximate surface area is 97.5 Å². The molecule has 1 rings (SSSR count). The van der Waals surface area contributed by atoms with Crippen molar-refractivity contribution in [1.29, 1.82) is 0 Å². The molecule has 2 atom stereocenters. The van der Waals surface area contributed by atoms with Crippen LogP contribution in [0.15, 0.2) is 24.3 Å². The van der Waals surface area contributed by atoms with Gasteiger partial charge in [-0.1, -0.05) is 25.5 Å². The van der Waals surface area contributed by atoms with Crippen molar-refractivity contribution in [2.24, 2.45) is 5.73 Å². The predicted octanol–water partition coefficient (Wildman–Crippen LogP) is 1.69. The predicted molar refractivity (Wildman–Crippen MR) is 68.1 cm³/mol. The van der Waals surface area contributed by atoms with Crippen LogP contribution in [0.25, 0.3) is 0 Å². The number of aliphatic hydroxyl groups is 1. The van der Waals surface area contributed by atoms with Gasteiger partial charge in [-0.2, -0.15) is 0 Å². The maximum absolute atomic E-state index is 9.82. The average Bonchev–Trinajstić information content (AvgIpc) is 2.28. The Balaban J connectivity index is 2.36. The van der Waals surface area contributed by atoms with Gasteiger partial charge < -0.3 is 16.6 Å². The summed E-state index contributed by atoms with van der Waals surface area (Å²) in [5.74, 6) is 0. The number of anilines is 1. The summed E-state index contributed by atoms with van der Waals surface area (Å²) >= 11 is 0. The summed E-state index contributed by atoms with van der Waals surface area (Å²) in [6.07, 6.45) is 3.05. The highest BCUT2D eigenvalue weighted by Gasteiger charge is 2.13. The highest BCUT2D eigenvalue weighted by Crippen LogP contribution is 2.11. The van der Waals surface area contributed by atoms with E-state index in [1.54, 1.807) is 0 Å². The van der Waals surface area contributed by atoms with E-state index in [1.165, 1.54) is 5.56 Å². The summed E-state index contributed by atoms with van der Waals surface area (Å²) in [6, 6.07) is 7.65. The quantitative estimate of drug-likeness (QED) is 0.641. The zero-order chi connectivity index (χ0) is 12.0. The minimum absolute atomic E-state index is 0.0984. The zero-order valence-electron chi connectivity index (χ0n) is 9.89. The molecule has 0 aliphatic carbocycles. The number of rotatable bonds is 6. The molecular weight excluding hydrogens is 200 g/mol. The summed E-state index contributed by atoms with van der Waals surface area (Å²) < 4.78 is 0.